The first-order valence-corrected chi connectivity index (χ1v) is 6.93. The van der Waals surface area contributed by atoms with Crippen molar-refractivity contribution in [3.8, 4) is 0 Å². The molecule has 1 unspecified atom stereocenters. The van der Waals surface area contributed by atoms with Gasteiger partial charge < -0.3 is 10.2 Å². The highest BCUT2D eigenvalue weighted by molar-refractivity contribution is 5.87. The van der Waals surface area contributed by atoms with Crippen LogP contribution in [0.2, 0.25) is 0 Å². The Balaban J connectivity index is 1.47. The zero-order chi connectivity index (χ0) is 13.8. The smallest absolute Gasteiger partial charge is 0.241 e. The summed E-state index contributed by atoms with van der Waals surface area (Å²) in [5, 5.41) is 3.31. The predicted octanol–water partition coefficient (Wildman–Crippen LogP) is 2.19. The molecule has 2 aromatic carbocycles. The number of benzene rings is 2. The molecular formula is C17H18N2O. The largest absolute Gasteiger partial charge is 0.335 e. The number of carbonyl (C=O) groups excluding carboxylic acids is 1. The Hall–Kier alpha value is -2.13. The first-order valence-electron chi connectivity index (χ1n) is 6.93. The number of β-lactam (4-membered cyclic amide) rings is 1. The van der Waals surface area contributed by atoms with Crippen molar-refractivity contribution in [3.63, 3.8) is 0 Å². The molecule has 0 saturated carbocycles. The Morgan fingerprint density at radius 3 is 2.15 bits per heavy atom. The van der Waals surface area contributed by atoms with Gasteiger partial charge in [-0.1, -0.05) is 60.7 Å². The van der Waals surface area contributed by atoms with Crippen molar-refractivity contribution in [1.29, 1.82) is 0 Å². The molecule has 1 N–H and O–H groups in total. The third kappa shape index (κ3) is 2.89. The number of amides is 1. The molecule has 3 rings (SSSR count). The van der Waals surface area contributed by atoms with Gasteiger partial charge in [0, 0.05) is 19.6 Å². The van der Waals surface area contributed by atoms with Crippen molar-refractivity contribution in [1.82, 2.24) is 10.2 Å². The molecule has 0 bridgehead atoms. The fourth-order valence-corrected chi connectivity index (χ4v) is 2.43. The fourth-order valence-electron chi connectivity index (χ4n) is 2.43. The van der Waals surface area contributed by atoms with Crippen LogP contribution in [0.15, 0.2) is 60.7 Å². The van der Waals surface area contributed by atoms with E-state index >= 15 is 0 Å². The van der Waals surface area contributed by atoms with Gasteiger partial charge in [0.05, 0.1) is 0 Å². The summed E-state index contributed by atoms with van der Waals surface area (Å²) >= 11 is 0. The molecule has 1 amide bonds. The minimum absolute atomic E-state index is 0.0288. The first-order chi connectivity index (χ1) is 9.83. The Morgan fingerprint density at radius 1 is 0.950 bits per heavy atom. The summed E-state index contributed by atoms with van der Waals surface area (Å²) in [4.78, 5) is 13.9. The monoisotopic (exact) mass is 266 g/mol. The van der Waals surface area contributed by atoms with Gasteiger partial charge in [0.2, 0.25) is 5.91 Å². The highest BCUT2D eigenvalue weighted by atomic mass is 16.2. The molecule has 1 aliphatic heterocycles. The molecule has 1 fully saturated rings. The number of rotatable bonds is 5. The van der Waals surface area contributed by atoms with Gasteiger partial charge in [-0.2, -0.15) is 0 Å². The van der Waals surface area contributed by atoms with Gasteiger partial charge in [0.25, 0.3) is 0 Å². The summed E-state index contributed by atoms with van der Waals surface area (Å²) in [5.41, 5.74) is 2.39. The second kappa shape index (κ2) is 5.88. The molecule has 3 heteroatoms. The van der Waals surface area contributed by atoms with Gasteiger partial charge >= 0.3 is 0 Å². The molecule has 1 saturated heterocycles. The van der Waals surface area contributed by atoms with E-state index in [0.717, 1.165) is 13.1 Å². The van der Waals surface area contributed by atoms with Gasteiger partial charge in [0.15, 0.2) is 0 Å². The number of nitrogens with one attached hydrogen (secondary N) is 1. The van der Waals surface area contributed by atoms with Crippen LogP contribution in [0.5, 0.6) is 0 Å². The van der Waals surface area contributed by atoms with Crippen LogP contribution in [0.3, 0.4) is 0 Å². The number of nitrogens with zero attached hydrogens (tertiary/aromatic N) is 1. The molecular weight excluding hydrogens is 248 g/mol. The van der Waals surface area contributed by atoms with E-state index in [9.17, 15) is 4.79 Å². The molecule has 3 nitrogen and oxygen atoms in total. The van der Waals surface area contributed by atoms with Crippen molar-refractivity contribution in [2.45, 2.75) is 19.1 Å². The molecule has 1 atom stereocenters. The van der Waals surface area contributed by atoms with Crippen LogP contribution in [0.1, 0.15) is 11.1 Å². The zero-order valence-corrected chi connectivity index (χ0v) is 11.3. The Bertz CT molecular complexity index is 568. The average Bonchev–Trinajstić information content (AvgIpc) is 2.52. The van der Waals surface area contributed by atoms with Crippen molar-refractivity contribution in [2.75, 3.05) is 6.54 Å². The predicted molar refractivity (Wildman–Crippen MR) is 78.9 cm³/mol. The van der Waals surface area contributed by atoms with Crippen molar-refractivity contribution in [2.24, 2.45) is 0 Å². The second-order valence-electron chi connectivity index (χ2n) is 5.12. The number of likely N-dealkylation sites (tertiary alicyclic amines) is 1. The quantitative estimate of drug-likeness (QED) is 0.841. The third-order valence-electron chi connectivity index (χ3n) is 3.62. The Morgan fingerprint density at radius 2 is 1.55 bits per heavy atom. The van der Waals surface area contributed by atoms with Crippen molar-refractivity contribution in [3.05, 3.63) is 71.8 Å². The summed E-state index contributed by atoms with van der Waals surface area (Å²) in [6.07, 6.45) is 0. The van der Waals surface area contributed by atoms with Gasteiger partial charge in [-0.05, 0) is 11.1 Å². The number of hydrogen-bond acceptors (Lipinski definition) is 2. The van der Waals surface area contributed by atoms with E-state index in [-0.39, 0.29) is 11.9 Å². The minimum Gasteiger partial charge on any atom is -0.335 e. The summed E-state index contributed by atoms with van der Waals surface area (Å²) in [6, 6.07) is 20.2. The van der Waals surface area contributed by atoms with Crippen molar-refractivity contribution < 1.29 is 4.79 Å². The Kier molecular flexibility index (Phi) is 3.79. The van der Waals surface area contributed by atoms with Gasteiger partial charge in [0.1, 0.15) is 6.04 Å². The normalized spacial score (nSPS) is 17.9. The molecule has 102 valence electrons. The fraction of sp³-hybridized carbons (Fsp3) is 0.235. The van der Waals surface area contributed by atoms with E-state index in [0.29, 0.717) is 6.54 Å². The van der Waals surface area contributed by atoms with Crippen LogP contribution in [0.25, 0.3) is 0 Å². The maximum atomic E-state index is 12.1. The molecule has 1 heterocycles. The topological polar surface area (TPSA) is 32.3 Å². The standard InChI is InChI=1S/C17H18N2O/c20-17-16(18-11-14-7-3-1-4-8-14)13-19(17)12-15-9-5-2-6-10-15/h1-10,16,18H,11-13H2. The van der Waals surface area contributed by atoms with E-state index in [4.69, 9.17) is 0 Å². The van der Waals surface area contributed by atoms with Crippen LogP contribution < -0.4 is 5.32 Å². The summed E-state index contributed by atoms with van der Waals surface area (Å²) in [6.45, 7) is 2.25. The zero-order valence-electron chi connectivity index (χ0n) is 11.3. The summed E-state index contributed by atoms with van der Waals surface area (Å²) in [5.74, 6) is 0.199. The molecule has 0 aliphatic carbocycles. The molecule has 0 aromatic heterocycles. The maximum Gasteiger partial charge on any atom is 0.241 e. The van der Waals surface area contributed by atoms with Crippen LogP contribution in [-0.2, 0) is 17.9 Å². The molecule has 1 aliphatic rings. The highest BCUT2D eigenvalue weighted by Crippen LogP contribution is 2.15. The van der Waals surface area contributed by atoms with Crippen LogP contribution in [0, 0.1) is 0 Å². The lowest BCUT2D eigenvalue weighted by molar-refractivity contribution is -0.144. The van der Waals surface area contributed by atoms with E-state index in [2.05, 4.69) is 29.6 Å². The molecule has 0 spiro atoms. The van der Waals surface area contributed by atoms with E-state index in [1.54, 1.807) is 0 Å². The van der Waals surface area contributed by atoms with Gasteiger partial charge in [-0.3, -0.25) is 4.79 Å². The van der Waals surface area contributed by atoms with E-state index < -0.39 is 0 Å². The Labute approximate surface area is 119 Å². The average molecular weight is 266 g/mol. The van der Waals surface area contributed by atoms with Crippen LogP contribution in [0.4, 0.5) is 0 Å². The molecule has 2 aromatic rings. The first kappa shape index (κ1) is 12.9. The number of carbonyl (C=O) groups is 1. The van der Waals surface area contributed by atoms with Crippen molar-refractivity contribution >= 4 is 5.91 Å². The van der Waals surface area contributed by atoms with Crippen LogP contribution in [-0.4, -0.2) is 23.4 Å². The second-order valence-corrected chi connectivity index (χ2v) is 5.12. The molecule has 20 heavy (non-hydrogen) atoms. The van der Waals surface area contributed by atoms with E-state index in [1.165, 1.54) is 11.1 Å². The lowest BCUT2D eigenvalue weighted by Crippen LogP contribution is -2.61. The SMILES string of the molecule is O=C1C(NCc2ccccc2)CN1Cc1ccccc1. The maximum absolute atomic E-state index is 12.1. The van der Waals surface area contributed by atoms with Crippen LogP contribution >= 0.6 is 0 Å². The number of hydrogen-bond donors (Lipinski definition) is 1. The third-order valence-corrected chi connectivity index (χ3v) is 3.62. The van der Waals surface area contributed by atoms with Gasteiger partial charge in [-0.25, -0.2) is 0 Å². The van der Waals surface area contributed by atoms with Gasteiger partial charge in [-0.15, -0.1) is 0 Å². The minimum atomic E-state index is -0.0288. The lowest BCUT2D eigenvalue weighted by Gasteiger charge is -2.39. The van der Waals surface area contributed by atoms with E-state index in [1.807, 2.05) is 41.3 Å². The lowest BCUT2D eigenvalue weighted by atomic mass is 10.1. The summed E-state index contributed by atoms with van der Waals surface area (Å²) in [7, 11) is 0. The molecule has 0 radical (unpaired) electrons. The highest BCUT2D eigenvalue weighted by Gasteiger charge is 2.35. The summed E-state index contributed by atoms with van der Waals surface area (Å²) < 4.78 is 0.